The van der Waals surface area contributed by atoms with Gasteiger partial charge in [-0.25, -0.2) is 4.68 Å². The summed E-state index contributed by atoms with van der Waals surface area (Å²) in [6.45, 7) is 3.67. The van der Waals surface area contributed by atoms with Crippen LogP contribution in [0.1, 0.15) is 53.8 Å². The zero-order valence-electron chi connectivity index (χ0n) is 15.8. The highest BCUT2D eigenvalue weighted by Gasteiger charge is 2.25. The van der Waals surface area contributed by atoms with Gasteiger partial charge in [0.15, 0.2) is 0 Å². The molecule has 2 aliphatic carbocycles. The molecule has 3 nitrogen and oxygen atoms in total. The van der Waals surface area contributed by atoms with E-state index in [9.17, 15) is 5.11 Å². The average molecular weight is 397 g/mol. The number of aromatic nitrogens is 2. The quantitative estimate of drug-likeness (QED) is 0.651. The first kappa shape index (κ1) is 17.5. The van der Waals surface area contributed by atoms with E-state index in [1.54, 1.807) is 34.2 Å². The molecule has 1 N–H and O–H groups in total. The molecule has 5 heteroatoms. The summed E-state index contributed by atoms with van der Waals surface area (Å²) < 4.78 is 3.32. The van der Waals surface area contributed by atoms with E-state index in [2.05, 4.69) is 23.0 Å². The maximum Gasteiger partial charge on any atom is 0.0932 e. The van der Waals surface area contributed by atoms with Gasteiger partial charge < -0.3 is 5.11 Å². The lowest BCUT2D eigenvalue weighted by Crippen LogP contribution is -2.12. The Labute approximate surface area is 168 Å². The van der Waals surface area contributed by atoms with E-state index in [0.29, 0.717) is 0 Å². The Bertz CT molecular complexity index is 978. The Morgan fingerprint density at radius 3 is 2.41 bits per heavy atom. The molecular formula is C22H24N2OS2. The van der Waals surface area contributed by atoms with Crippen molar-refractivity contribution in [2.24, 2.45) is 0 Å². The second kappa shape index (κ2) is 6.50. The van der Waals surface area contributed by atoms with Crippen LogP contribution in [0.15, 0.2) is 39.7 Å². The highest BCUT2D eigenvalue weighted by atomic mass is 32.2. The van der Waals surface area contributed by atoms with Gasteiger partial charge in [0.1, 0.15) is 0 Å². The minimum absolute atomic E-state index is 0.779. The van der Waals surface area contributed by atoms with Crippen LogP contribution in [0.25, 0.3) is 5.69 Å². The summed E-state index contributed by atoms with van der Waals surface area (Å²) in [4.78, 5) is 2.15. The van der Waals surface area contributed by atoms with E-state index in [-0.39, 0.29) is 0 Å². The predicted molar refractivity (Wildman–Crippen MR) is 111 cm³/mol. The fourth-order valence-corrected chi connectivity index (χ4v) is 6.45. The van der Waals surface area contributed by atoms with E-state index < -0.39 is 5.60 Å². The van der Waals surface area contributed by atoms with E-state index in [0.717, 1.165) is 9.77 Å². The highest BCUT2D eigenvalue weighted by Crippen LogP contribution is 2.40. The lowest BCUT2D eigenvalue weighted by atomic mass is 9.99. The highest BCUT2D eigenvalue weighted by molar-refractivity contribution is 8.01. The fraction of sp³-hybridized carbons (Fsp3) is 0.409. The summed E-state index contributed by atoms with van der Waals surface area (Å²) in [5.41, 5.74) is 6.73. The van der Waals surface area contributed by atoms with E-state index in [1.807, 2.05) is 26.1 Å². The van der Waals surface area contributed by atoms with Crippen LogP contribution >= 0.6 is 23.1 Å². The monoisotopic (exact) mass is 396 g/mol. The molecule has 0 unspecified atom stereocenters. The molecule has 5 rings (SSSR count). The number of aliphatic hydroxyl groups is 1. The van der Waals surface area contributed by atoms with Crippen molar-refractivity contribution in [2.45, 2.75) is 67.1 Å². The van der Waals surface area contributed by atoms with Crippen molar-refractivity contribution in [3.8, 4) is 5.69 Å². The summed E-state index contributed by atoms with van der Waals surface area (Å²) in [6, 6.07) is 6.59. The van der Waals surface area contributed by atoms with Gasteiger partial charge in [-0.05, 0) is 86.8 Å². The summed E-state index contributed by atoms with van der Waals surface area (Å²) in [5, 5.41) is 14.9. The van der Waals surface area contributed by atoms with Gasteiger partial charge in [-0.15, -0.1) is 11.3 Å². The van der Waals surface area contributed by atoms with Gasteiger partial charge in [0.05, 0.1) is 26.6 Å². The van der Waals surface area contributed by atoms with Gasteiger partial charge in [-0.1, -0.05) is 17.8 Å². The van der Waals surface area contributed by atoms with Crippen molar-refractivity contribution in [3.05, 3.63) is 57.7 Å². The first-order valence-corrected chi connectivity index (χ1v) is 11.3. The molecule has 3 aromatic rings. The minimum atomic E-state index is -0.779. The van der Waals surface area contributed by atoms with Gasteiger partial charge in [0.2, 0.25) is 0 Å². The number of nitrogens with zero attached hydrogens (tertiary/aromatic N) is 2. The minimum Gasteiger partial charge on any atom is -0.385 e. The van der Waals surface area contributed by atoms with Crippen LogP contribution < -0.4 is 0 Å². The average Bonchev–Trinajstić information content (AvgIpc) is 3.39. The van der Waals surface area contributed by atoms with Crippen LogP contribution in [0.2, 0.25) is 0 Å². The van der Waals surface area contributed by atoms with Crippen LogP contribution in [0.3, 0.4) is 0 Å². The summed E-state index contributed by atoms with van der Waals surface area (Å²) >= 11 is 3.39. The van der Waals surface area contributed by atoms with Crippen LogP contribution in [0.5, 0.6) is 0 Å². The number of benzene rings is 1. The third kappa shape index (κ3) is 3.16. The Morgan fingerprint density at radius 2 is 1.78 bits per heavy atom. The second-order valence-corrected chi connectivity index (χ2v) is 10.6. The molecule has 27 heavy (non-hydrogen) atoms. The molecule has 1 aromatic carbocycles. The molecule has 0 bridgehead atoms. The van der Waals surface area contributed by atoms with Crippen LogP contribution in [0, 0.1) is 0 Å². The molecule has 0 radical (unpaired) electrons. The van der Waals surface area contributed by atoms with Gasteiger partial charge in [-0.2, -0.15) is 5.10 Å². The number of rotatable bonds is 4. The second-order valence-electron chi connectivity index (χ2n) is 8.11. The smallest absolute Gasteiger partial charge is 0.0932 e. The summed E-state index contributed by atoms with van der Waals surface area (Å²) in [6.07, 6.45) is 11.5. The standard InChI is InChI=1S/C22H24N2OS2/c1-22(2,25)19-9-10-20(27-19)26-16-12-23-24(13-16)21-17-7-3-5-14(17)11-15-6-4-8-18(15)21/h9-13,25H,3-8H2,1-2H3. The largest absolute Gasteiger partial charge is 0.385 e. The first-order valence-electron chi connectivity index (χ1n) is 9.71. The van der Waals surface area contributed by atoms with Crippen molar-refractivity contribution < 1.29 is 5.11 Å². The van der Waals surface area contributed by atoms with Crippen molar-refractivity contribution in [1.82, 2.24) is 9.78 Å². The van der Waals surface area contributed by atoms with E-state index in [4.69, 9.17) is 5.10 Å². The SMILES string of the molecule is CC(C)(O)c1ccc(Sc2cnn(-c3c4c(cc5c3CCC5)CCC4)c2)s1. The Kier molecular flexibility index (Phi) is 4.22. The molecule has 2 aromatic heterocycles. The molecule has 2 heterocycles. The molecule has 0 spiro atoms. The topological polar surface area (TPSA) is 38.1 Å². The zero-order valence-corrected chi connectivity index (χ0v) is 17.4. The Morgan fingerprint density at radius 1 is 1.07 bits per heavy atom. The normalized spacial score (nSPS) is 16.0. The third-order valence-electron chi connectivity index (χ3n) is 5.63. The lowest BCUT2D eigenvalue weighted by molar-refractivity contribution is 0.0825. The van der Waals surface area contributed by atoms with E-state index in [1.165, 1.54) is 59.5 Å². The van der Waals surface area contributed by atoms with E-state index >= 15 is 0 Å². The van der Waals surface area contributed by atoms with Crippen LogP contribution in [-0.2, 0) is 31.3 Å². The number of aryl methyl sites for hydroxylation is 2. The Balaban J connectivity index is 1.48. The summed E-state index contributed by atoms with van der Waals surface area (Å²) in [5.74, 6) is 0. The maximum absolute atomic E-state index is 10.2. The fourth-order valence-electron chi connectivity index (χ4n) is 4.36. The lowest BCUT2D eigenvalue weighted by Gasteiger charge is -2.15. The molecule has 2 aliphatic rings. The van der Waals surface area contributed by atoms with Crippen LogP contribution in [-0.4, -0.2) is 14.9 Å². The van der Waals surface area contributed by atoms with Crippen molar-refractivity contribution >= 4 is 23.1 Å². The molecule has 0 fully saturated rings. The number of thiophene rings is 1. The van der Waals surface area contributed by atoms with Gasteiger partial charge in [-0.3, -0.25) is 0 Å². The molecule has 140 valence electrons. The van der Waals surface area contributed by atoms with Crippen LogP contribution in [0.4, 0.5) is 0 Å². The van der Waals surface area contributed by atoms with Crippen molar-refractivity contribution in [1.29, 1.82) is 0 Å². The van der Waals surface area contributed by atoms with Gasteiger partial charge >= 0.3 is 0 Å². The molecule has 0 atom stereocenters. The Hall–Kier alpha value is -1.56. The van der Waals surface area contributed by atoms with Gasteiger partial charge in [0, 0.05) is 11.1 Å². The van der Waals surface area contributed by atoms with Crippen molar-refractivity contribution in [2.75, 3.05) is 0 Å². The predicted octanol–water partition coefficient (Wildman–Crippen LogP) is 5.29. The maximum atomic E-state index is 10.2. The number of fused-ring (bicyclic) bond motifs is 2. The summed E-state index contributed by atoms with van der Waals surface area (Å²) in [7, 11) is 0. The molecule has 0 saturated carbocycles. The number of hydrogen-bond acceptors (Lipinski definition) is 4. The molecule has 0 aliphatic heterocycles. The number of hydrogen-bond donors (Lipinski definition) is 1. The van der Waals surface area contributed by atoms with Gasteiger partial charge in [0.25, 0.3) is 0 Å². The first-order chi connectivity index (χ1) is 13.0. The molecular weight excluding hydrogens is 372 g/mol. The zero-order chi connectivity index (χ0) is 18.6. The molecule has 0 saturated heterocycles. The third-order valence-corrected chi connectivity index (χ3v) is 8.11. The molecule has 0 amide bonds. The van der Waals surface area contributed by atoms with Crippen molar-refractivity contribution in [3.63, 3.8) is 0 Å².